The SMILES string of the molecule is CCOc1nc(-c2cccc(C(F)(F)F)c2)n(-c2ccc(NC(=O)Nc3cccc(OC)c3)cc2)n1. The first kappa shape index (κ1) is 24.6. The van der Waals surface area contributed by atoms with Crippen LogP contribution in [0.5, 0.6) is 11.8 Å². The molecule has 1 heterocycles. The van der Waals surface area contributed by atoms with E-state index in [1.165, 1.54) is 23.9 Å². The number of amides is 2. The zero-order valence-corrected chi connectivity index (χ0v) is 19.3. The molecule has 0 spiro atoms. The molecule has 0 bridgehead atoms. The molecule has 0 unspecified atom stereocenters. The fraction of sp³-hybridized carbons (Fsp3) is 0.160. The third-order valence-electron chi connectivity index (χ3n) is 5.01. The summed E-state index contributed by atoms with van der Waals surface area (Å²) in [5.74, 6) is 0.786. The van der Waals surface area contributed by atoms with Gasteiger partial charge in [-0.3, -0.25) is 0 Å². The maximum absolute atomic E-state index is 13.2. The van der Waals surface area contributed by atoms with E-state index in [4.69, 9.17) is 9.47 Å². The molecule has 186 valence electrons. The van der Waals surface area contributed by atoms with Gasteiger partial charge in [0.15, 0.2) is 5.82 Å². The third kappa shape index (κ3) is 5.74. The molecule has 8 nitrogen and oxygen atoms in total. The van der Waals surface area contributed by atoms with Crippen LogP contribution in [-0.4, -0.2) is 34.5 Å². The highest BCUT2D eigenvalue weighted by Crippen LogP contribution is 2.33. The van der Waals surface area contributed by atoms with Gasteiger partial charge in [-0.1, -0.05) is 18.2 Å². The van der Waals surface area contributed by atoms with Gasteiger partial charge in [-0.15, -0.1) is 5.10 Å². The molecule has 0 aliphatic rings. The monoisotopic (exact) mass is 497 g/mol. The van der Waals surface area contributed by atoms with Crippen LogP contribution in [-0.2, 0) is 6.18 Å². The lowest BCUT2D eigenvalue weighted by Gasteiger charge is -2.11. The number of carbonyl (C=O) groups is 1. The number of hydrogen-bond acceptors (Lipinski definition) is 5. The normalized spacial score (nSPS) is 11.1. The van der Waals surface area contributed by atoms with Crippen LogP contribution < -0.4 is 20.1 Å². The number of benzene rings is 3. The van der Waals surface area contributed by atoms with Crippen molar-refractivity contribution in [1.29, 1.82) is 0 Å². The predicted octanol–water partition coefficient (Wildman–Crippen LogP) is 6.00. The van der Waals surface area contributed by atoms with Crippen molar-refractivity contribution in [3.8, 4) is 28.8 Å². The molecule has 4 aromatic rings. The lowest BCUT2D eigenvalue weighted by Crippen LogP contribution is -2.19. The Bertz CT molecular complexity index is 1350. The van der Waals surface area contributed by atoms with Crippen LogP contribution in [0.15, 0.2) is 72.8 Å². The number of nitrogens with zero attached hydrogens (tertiary/aromatic N) is 3. The Morgan fingerprint density at radius 2 is 1.69 bits per heavy atom. The van der Waals surface area contributed by atoms with Crippen molar-refractivity contribution in [2.24, 2.45) is 0 Å². The summed E-state index contributed by atoms with van der Waals surface area (Å²) < 4.78 is 51.6. The van der Waals surface area contributed by atoms with E-state index in [9.17, 15) is 18.0 Å². The van der Waals surface area contributed by atoms with Crippen LogP contribution in [0.4, 0.5) is 29.3 Å². The smallest absolute Gasteiger partial charge is 0.416 e. The molecule has 0 saturated heterocycles. The molecule has 36 heavy (non-hydrogen) atoms. The van der Waals surface area contributed by atoms with Gasteiger partial charge in [-0.2, -0.15) is 18.2 Å². The fourth-order valence-corrected chi connectivity index (χ4v) is 3.37. The van der Waals surface area contributed by atoms with Gasteiger partial charge in [-0.05, 0) is 55.5 Å². The summed E-state index contributed by atoms with van der Waals surface area (Å²) >= 11 is 0. The average Bonchev–Trinajstić information content (AvgIpc) is 3.28. The van der Waals surface area contributed by atoms with E-state index >= 15 is 0 Å². The number of nitrogens with one attached hydrogen (secondary N) is 2. The number of rotatable bonds is 7. The van der Waals surface area contributed by atoms with Crippen molar-refractivity contribution in [1.82, 2.24) is 14.8 Å². The van der Waals surface area contributed by atoms with Crippen molar-refractivity contribution in [2.75, 3.05) is 24.4 Å². The number of hydrogen-bond donors (Lipinski definition) is 2. The summed E-state index contributed by atoms with van der Waals surface area (Å²) in [6, 6.07) is 17.9. The minimum absolute atomic E-state index is 0.0322. The average molecular weight is 497 g/mol. The van der Waals surface area contributed by atoms with E-state index in [0.29, 0.717) is 22.8 Å². The second kappa shape index (κ2) is 10.4. The Hall–Kier alpha value is -4.54. The van der Waals surface area contributed by atoms with Crippen LogP contribution in [0.2, 0.25) is 0 Å². The first-order valence-corrected chi connectivity index (χ1v) is 10.9. The molecule has 4 rings (SSSR count). The highest BCUT2D eigenvalue weighted by Gasteiger charge is 2.31. The second-order valence-electron chi connectivity index (χ2n) is 7.50. The summed E-state index contributed by atoms with van der Waals surface area (Å²) in [4.78, 5) is 16.6. The minimum Gasteiger partial charge on any atom is -0.497 e. The molecule has 0 fully saturated rings. The van der Waals surface area contributed by atoms with E-state index in [1.807, 2.05) is 0 Å². The van der Waals surface area contributed by atoms with Crippen LogP contribution in [0.25, 0.3) is 17.1 Å². The van der Waals surface area contributed by atoms with Crippen LogP contribution >= 0.6 is 0 Å². The lowest BCUT2D eigenvalue weighted by molar-refractivity contribution is -0.137. The number of anilines is 2. The number of aromatic nitrogens is 3. The maximum atomic E-state index is 13.2. The second-order valence-corrected chi connectivity index (χ2v) is 7.50. The van der Waals surface area contributed by atoms with Crippen molar-refractivity contribution in [3.05, 3.63) is 78.4 Å². The largest absolute Gasteiger partial charge is 0.497 e. The van der Waals surface area contributed by atoms with Crippen LogP contribution in [0.1, 0.15) is 12.5 Å². The number of alkyl halides is 3. The standard InChI is InChI=1S/C25H22F3N5O3/c1-3-36-24-31-22(16-6-4-7-17(14-16)25(26,27)28)33(32-24)20-12-10-18(11-13-20)29-23(34)30-19-8-5-9-21(15-19)35-2/h4-15H,3H2,1-2H3,(H2,29,30,34). The molecule has 0 aliphatic carbocycles. The molecular weight excluding hydrogens is 475 g/mol. The number of urea groups is 1. The van der Waals surface area contributed by atoms with Crippen molar-refractivity contribution >= 4 is 17.4 Å². The van der Waals surface area contributed by atoms with E-state index in [0.717, 1.165) is 12.1 Å². The van der Waals surface area contributed by atoms with Gasteiger partial charge in [0.1, 0.15) is 5.75 Å². The fourth-order valence-electron chi connectivity index (χ4n) is 3.37. The number of ether oxygens (including phenoxy) is 2. The first-order chi connectivity index (χ1) is 17.3. The molecule has 2 amide bonds. The summed E-state index contributed by atoms with van der Waals surface area (Å²) in [6.45, 7) is 2.04. The molecule has 0 aliphatic heterocycles. The zero-order valence-electron chi connectivity index (χ0n) is 19.3. The summed E-state index contributed by atoms with van der Waals surface area (Å²) in [5.41, 5.74) is 0.988. The molecule has 0 atom stereocenters. The van der Waals surface area contributed by atoms with Gasteiger partial charge in [-0.25, -0.2) is 9.48 Å². The Morgan fingerprint density at radius 3 is 2.39 bits per heavy atom. The van der Waals surface area contributed by atoms with Crippen LogP contribution in [0.3, 0.4) is 0 Å². The van der Waals surface area contributed by atoms with Gasteiger partial charge < -0.3 is 20.1 Å². The Kier molecular flexibility index (Phi) is 7.09. The van der Waals surface area contributed by atoms with E-state index in [-0.39, 0.29) is 24.0 Å². The Labute approximate surface area is 204 Å². The summed E-state index contributed by atoms with van der Waals surface area (Å²) in [7, 11) is 1.53. The lowest BCUT2D eigenvalue weighted by atomic mass is 10.1. The van der Waals surface area contributed by atoms with Gasteiger partial charge in [0, 0.05) is 23.0 Å². The minimum atomic E-state index is -4.50. The third-order valence-corrected chi connectivity index (χ3v) is 5.01. The highest BCUT2D eigenvalue weighted by atomic mass is 19.4. The number of halogens is 3. The van der Waals surface area contributed by atoms with Gasteiger partial charge in [0.2, 0.25) is 0 Å². The topological polar surface area (TPSA) is 90.3 Å². The van der Waals surface area contributed by atoms with Crippen molar-refractivity contribution in [2.45, 2.75) is 13.1 Å². The summed E-state index contributed by atoms with van der Waals surface area (Å²) in [6.07, 6.45) is -4.50. The molecule has 1 aromatic heterocycles. The Morgan fingerprint density at radius 1 is 0.972 bits per heavy atom. The zero-order chi connectivity index (χ0) is 25.7. The molecule has 0 radical (unpaired) electrons. The van der Waals surface area contributed by atoms with E-state index in [2.05, 4.69) is 20.7 Å². The number of carbonyl (C=O) groups excluding carboxylic acids is 1. The van der Waals surface area contributed by atoms with Gasteiger partial charge in [0.25, 0.3) is 0 Å². The number of methoxy groups -OCH3 is 1. The first-order valence-electron chi connectivity index (χ1n) is 10.9. The molecular formula is C25H22F3N5O3. The maximum Gasteiger partial charge on any atom is 0.416 e. The van der Waals surface area contributed by atoms with Crippen molar-refractivity contribution in [3.63, 3.8) is 0 Å². The Balaban J connectivity index is 1.57. The summed E-state index contributed by atoms with van der Waals surface area (Å²) in [5, 5.41) is 9.72. The predicted molar refractivity (Wildman–Crippen MR) is 129 cm³/mol. The quantitative estimate of drug-likeness (QED) is 0.327. The van der Waals surface area contributed by atoms with Gasteiger partial charge >= 0.3 is 18.2 Å². The molecule has 3 aromatic carbocycles. The van der Waals surface area contributed by atoms with Crippen LogP contribution in [0, 0.1) is 0 Å². The van der Waals surface area contributed by atoms with E-state index < -0.39 is 17.8 Å². The molecule has 11 heteroatoms. The molecule has 2 N–H and O–H groups in total. The van der Waals surface area contributed by atoms with Gasteiger partial charge in [0.05, 0.1) is 25.0 Å². The molecule has 0 saturated carbocycles. The van der Waals surface area contributed by atoms with Crippen molar-refractivity contribution < 1.29 is 27.4 Å². The van der Waals surface area contributed by atoms with E-state index in [1.54, 1.807) is 55.5 Å². The highest BCUT2D eigenvalue weighted by molar-refractivity contribution is 5.99.